The van der Waals surface area contributed by atoms with Gasteiger partial charge in [-0.25, -0.2) is 4.79 Å². The van der Waals surface area contributed by atoms with Gasteiger partial charge in [-0.3, -0.25) is 4.79 Å². The fourth-order valence-electron chi connectivity index (χ4n) is 1.54. The zero-order valence-corrected chi connectivity index (χ0v) is 8.48. The van der Waals surface area contributed by atoms with Crippen LogP contribution >= 0.6 is 0 Å². The Morgan fingerprint density at radius 1 is 1.44 bits per heavy atom. The van der Waals surface area contributed by atoms with E-state index in [9.17, 15) is 9.59 Å². The van der Waals surface area contributed by atoms with Gasteiger partial charge in [-0.05, 0) is 12.1 Å². The molecule has 16 heavy (non-hydrogen) atoms. The van der Waals surface area contributed by atoms with Crippen LogP contribution in [0.5, 0.6) is 5.75 Å². The van der Waals surface area contributed by atoms with Gasteiger partial charge in [0.1, 0.15) is 11.3 Å². The van der Waals surface area contributed by atoms with Crippen molar-refractivity contribution in [3.8, 4) is 5.75 Å². The molecule has 1 aromatic carbocycles. The van der Waals surface area contributed by atoms with E-state index in [0.717, 1.165) is 0 Å². The maximum atomic E-state index is 11.5. The number of carbonyl (C=O) groups is 1. The van der Waals surface area contributed by atoms with Gasteiger partial charge in [-0.1, -0.05) is 0 Å². The van der Waals surface area contributed by atoms with E-state index in [-0.39, 0.29) is 16.7 Å². The second-order valence-corrected chi connectivity index (χ2v) is 3.25. The SMILES string of the molecule is COc1cc2c(=O)cc[nH]c2cc1C(=O)O. The zero-order valence-electron chi connectivity index (χ0n) is 8.48. The number of methoxy groups -OCH3 is 1. The number of carboxylic acids is 1. The van der Waals surface area contributed by atoms with Crippen LogP contribution in [0.15, 0.2) is 29.2 Å². The van der Waals surface area contributed by atoms with E-state index in [2.05, 4.69) is 4.98 Å². The molecule has 0 aliphatic heterocycles. The van der Waals surface area contributed by atoms with E-state index in [1.165, 1.54) is 31.5 Å². The summed E-state index contributed by atoms with van der Waals surface area (Å²) in [5.74, 6) is -0.917. The molecule has 0 saturated carbocycles. The van der Waals surface area contributed by atoms with Crippen molar-refractivity contribution in [3.05, 3.63) is 40.2 Å². The summed E-state index contributed by atoms with van der Waals surface area (Å²) in [6, 6.07) is 4.19. The number of ether oxygens (including phenoxy) is 1. The van der Waals surface area contributed by atoms with Crippen molar-refractivity contribution in [2.24, 2.45) is 0 Å². The second kappa shape index (κ2) is 3.69. The Kier molecular flexibility index (Phi) is 2.36. The predicted octanol–water partition coefficient (Wildman–Crippen LogP) is 1.23. The highest BCUT2D eigenvalue weighted by molar-refractivity contribution is 5.96. The Hall–Kier alpha value is -2.30. The number of H-pyrrole nitrogens is 1. The Morgan fingerprint density at radius 2 is 2.19 bits per heavy atom. The quantitative estimate of drug-likeness (QED) is 0.796. The van der Waals surface area contributed by atoms with Crippen molar-refractivity contribution >= 4 is 16.9 Å². The first-order chi connectivity index (χ1) is 7.63. The van der Waals surface area contributed by atoms with E-state index in [1.54, 1.807) is 0 Å². The third kappa shape index (κ3) is 1.52. The Labute approximate surface area is 90.3 Å². The molecular formula is C11H9NO4. The summed E-state index contributed by atoms with van der Waals surface area (Å²) in [6.07, 6.45) is 1.47. The second-order valence-electron chi connectivity index (χ2n) is 3.25. The van der Waals surface area contributed by atoms with E-state index < -0.39 is 5.97 Å². The highest BCUT2D eigenvalue weighted by Gasteiger charge is 2.13. The molecule has 2 rings (SSSR count). The van der Waals surface area contributed by atoms with Gasteiger partial charge in [0.2, 0.25) is 0 Å². The van der Waals surface area contributed by atoms with E-state index >= 15 is 0 Å². The van der Waals surface area contributed by atoms with Gasteiger partial charge in [0.25, 0.3) is 0 Å². The molecule has 0 fully saturated rings. The number of benzene rings is 1. The van der Waals surface area contributed by atoms with E-state index in [0.29, 0.717) is 10.9 Å². The van der Waals surface area contributed by atoms with Crippen LogP contribution in [-0.4, -0.2) is 23.2 Å². The summed E-state index contributed by atoms with van der Waals surface area (Å²) in [7, 11) is 1.37. The van der Waals surface area contributed by atoms with E-state index in [4.69, 9.17) is 9.84 Å². The molecule has 0 aliphatic carbocycles. The number of hydrogen-bond acceptors (Lipinski definition) is 3. The van der Waals surface area contributed by atoms with Gasteiger partial charge in [0.15, 0.2) is 5.43 Å². The van der Waals surface area contributed by atoms with Gasteiger partial charge >= 0.3 is 5.97 Å². The molecule has 1 aromatic heterocycles. The van der Waals surface area contributed by atoms with Crippen LogP contribution in [0.25, 0.3) is 10.9 Å². The summed E-state index contributed by atoms with van der Waals surface area (Å²) in [5.41, 5.74) is 0.325. The van der Waals surface area contributed by atoms with Crippen LogP contribution in [-0.2, 0) is 0 Å². The molecule has 5 heteroatoms. The third-order valence-corrected chi connectivity index (χ3v) is 2.31. The monoisotopic (exact) mass is 219 g/mol. The van der Waals surface area contributed by atoms with Crippen molar-refractivity contribution in [1.29, 1.82) is 0 Å². The summed E-state index contributed by atoms with van der Waals surface area (Å²) in [5, 5.41) is 9.36. The number of rotatable bonds is 2. The first-order valence-electron chi connectivity index (χ1n) is 4.56. The van der Waals surface area contributed by atoms with Crippen LogP contribution in [0.3, 0.4) is 0 Å². The molecule has 82 valence electrons. The topological polar surface area (TPSA) is 79.4 Å². The number of aromatic nitrogens is 1. The highest BCUT2D eigenvalue weighted by atomic mass is 16.5. The molecule has 0 aliphatic rings. The number of aromatic carboxylic acids is 1. The summed E-state index contributed by atoms with van der Waals surface area (Å²) < 4.78 is 4.94. The standard InChI is InChI=1S/C11H9NO4/c1-16-10-5-6-8(4-7(10)11(14)15)12-3-2-9(6)13/h2-5H,1H3,(H,12,13)(H,14,15). The molecule has 0 spiro atoms. The molecule has 0 amide bonds. The molecule has 0 atom stereocenters. The average molecular weight is 219 g/mol. The van der Waals surface area contributed by atoms with Crippen molar-refractivity contribution in [1.82, 2.24) is 4.98 Å². The molecule has 0 unspecified atom stereocenters. The molecule has 2 N–H and O–H groups in total. The maximum absolute atomic E-state index is 11.5. The van der Waals surface area contributed by atoms with Crippen molar-refractivity contribution < 1.29 is 14.6 Å². The van der Waals surface area contributed by atoms with Gasteiger partial charge in [-0.15, -0.1) is 0 Å². The summed E-state index contributed by atoms with van der Waals surface area (Å²) in [4.78, 5) is 25.3. The van der Waals surface area contributed by atoms with Gasteiger partial charge in [-0.2, -0.15) is 0 Å². The lowest BCUT2D eigenvalue weighted by molar-refractivity contribution is 0.0693. The van der Waals surface area contributed by atoms with Gasteiger partial charge < -0.3 is 14.8 Å². The maximum Gasteiger partial charge on any atom is 0.339 e. The molecule has 5 nitrogen and oxygen atoms in total. The Morgan fingerprint density at radius 3 is 2.81 bits per heavy atom. The van der Waals surface area contributed by atoms with Crippen LogP contribution in [0.1, 0.15) is 10.4 Å². The number of carboxylic acid groups (broad SMARTS) is 1. The minimum absolute atomic E-state index is 0.0249. The molecule has 1 heterocycles. The number of hydrogen-bond donors (Lipinski definition) is 2. The van der Waals surface area contributed by atoms with Crippen molar-refractivity contribution in [2.75, 3.05) is 7.11 Å². The predicted molar refractivity (Wildman–Crippen MR) is 58.1 cm³/mol. The van der Waals surface area contributed by atoms with Gasteiger partial charge in [0, 0.05) is 17.6 Å². The van der Waals surface area contributed by atoms with Crippen LogP contribution in [0.4, 0.5) is 0 Å². The molecule has 0 bridgehead atoms. The smallest absolute Gasteiger partial charge is 0.339 e. The minimum atomic E-state index is -1.09. The van der Waals surface area contributed by atoms with Gasteiger partial charge in [0.05, 0.1) is 12.6 Å². The van der Waals surface area contributed by atoms with Crippen LogP contribution < -0.4 is 10.2 Å². The normalized spacial score (nSPS) is 10.3. The Bertz CT molecular complexity index is 615. The first kappa shape index (κ1) is 10.2. The van der Waals surface area contributed by atoms with Crippen LogP contribution in [0, 0.1) is 0 Å². The summed E-state index contributed by atoms with van der Waals surface area (Å²) >= 11 is 0. The number of aromatic amines is 1. The number of nitrogens with one attached hydrogen (secondary N) is 1. The van der Waals surface area contributed by atoms with Crippen molar-refractivity contribution in [3.63, 3.8) is 0 Å². The third-order valence-electron chi connectivity index (χ3n) is 2.31. The van der Waals surface area contributed by atoms with Crippen LogP contribution in [0.2, 0.25) is 0 Å². The lowest BCUT2D eigenvalue weighted by Crippen LogP contribution is -2.05. The highest BCUT2D eigenvalue weighted by Crippen LogP contribution is 2.22. The van der Waals surface area contributed by atoms with Crippen molar-refractivity contribution in [2.45, 2.75) is 0 Å². The number of pyridine rings is 1. The lowest BCUT2D eigenvalue weighted by atomic mass is 10.1. The first-order valence-corrected chi connectivity index (χ1v) is 4.56. The molecular weight excluding hydrogens is 210 g/mol. The fourth-order valence-corrected chi connectivity index (χ4v) is 1.54. The molecule has 0 radical (unpaired) electrons. The zero-order chi connectivity index (χ0) is 11.7. The Balaban J connectivity index is 2.86. The largest absolute Gasteiger partial charge is 0.496 e. The average Bonchev–Trinajstić information content (AvgIpc) is 2.28. The minimum Gasteiger partial charge on any atom is -0.496 e. The molecule has 2 aromatic rings. The van der Waals surface area contributed by atoms with E-state index in [1.807, 2.05) is 0 Å². The fraction of sp³-hybridized carbons (Fsp3) is 0.0909. The molecule has 0 saturated heterocycles. The summed E-state index contributed by atoms with van der Waals surface area (Å²) in [6.45, 7) is 0. The lowest BCUT2D eigenvalue weighted by Gasteiger charge is -2.06. The number of fused-ring (bicyclic) bond motifs is 1.